The van der Waals surface area contributed by atoms with E-state index < -0.39 is 24.1 Å². The highest BCUT2D eigenvalue weighted by atomic mass is 19.4. The molecule has 0 saturated heterocycles. The third kappa shape index (κ3) is 3.67. The van der Waals surface area contributed by atoms with Crippen LogP contribution < -0.4 is 0 Å². The van der Waals surface area contributed by atoms with Crippen LogP contribution >= 0.6 is 0 Å². The normalized spacial score (nSPS) is 20.6. The van der Waals surface area contributed by atoms with Crippen LogP contribution in [0.3, 0.4) is 0 Å². The molecule has 0 bridgehead atoms. The average molecular weight is 460 g/mol. The van der Waals surface area contributed by atoms with Crippen molar-refractivity contribution >= 4 is 11.6 Å². The molecule has 1 fully saturated rings. The fourth-order valence-electron chi connectivity index (χ4n) is 5.15. The van der Waals surface area contributed by atoms with Gasteiger partial charge in [-0.05, 0) is 30.4 Å². The molecular formula is C24H24F4N4O. The number of amides is 1. The molecule has 2 aromatic heterocycles. The van der Waals surface area contributed by atoms with E-state index in [9.17, 15) is 22.4 Å². The first-order valence-electron chi connectivity index (χ1n) is 11.0. The molecule has 0 N–H and O–H groups in total. The molecule has 9 heteroatoms. The lowest BCUT2D eigenvalue weighted by Gasteiger charge is -2.30. The molecule has 0 aliphatic heterocycles. The van der Waals surface area contributed by atoms with Crippen molar-refractivity contribution in [3.05, 3.63) is 64.9 Å². The molecule has 5 rings (SSSR count). The number of hydrogen-bond acceptors (Lipinski definition) is 3. The Morgan fingerprint density at radius 2 is 1.88 bits per heavy atom. The van der Waals surface area contributed by atoms with Crippen LogP contribution in [-0.4, -0.2) is 38.6 Å². The van der Waals surface area contributed by atoms with Crippen LogP contribution in [0.15, 0.2) is 36.5 Å². The molecular weight excluding hydrogens is 436 g/mol. The molecule has 0 radical (unpaired) electrons. The Balaban J connectivity index is 1.50. The number of fused-ring (bicyclic) bond motifs is 3. The van der Waals surface area contributed by atoms with Gasteiger partial charge in [0.2, 0.25) is 11.9 Å². The summed E-state index contributed by atoms with van der Waals surface area (Å²) in [5.74, 6) is -1.48. The van der Waals surface area contributed by atoms with Crippen LogP contribution in [0.5, 0.6) is 0 Å². The Hall–Kier alpha value is -2.97. The van der Waals surface area contributed by atoms with Crippen molar-refractivity contribution in [2.45, 2.75) is 56.7 Å². The van der Waals surface area contributed by atoms with E-state index in [0.29, 0.717) is 24.9 Å². The van der Waals surface area contributed by atoms with Crippen LogP contribution in [0.4, 0.5) is 17.6 Å². The average Bonchev–Trinajstić information content (AvgIpc) is 3.45. The third-order valence-corrected chi connectivity index (χ3v) is 6.84. The van der Waals surface area contributed by atoms with Gasteiger partial charge in [-0.3, -0.25) is 4.79 Å². The summed E-state index contributed by atoms with van der Waals surface area (Å²) in [7, 11) is 1.22. The maximum atomic E-state index is 13.9. The summed E-state index contributed by atoms with van der Waals surface area (Å²) in [4.78, 5) is 17.5. The number of rotatable bonds is 4. The predicted molar refractivity (Wildman–Crippen MR) is 113 cm³/mol. The maximum absolute atomic E-state index is 13.9. The second-order valence-electron chi connectivity index (χ2n) is 9.77. The molecule has 1 saturated carbocycles. The SMILES string of the molecule is CN(C(=O)C1CC1)[C@H](c1ccc([C@@H]2CC(C)(C)c3c2cnc2cc(F)nn32)cc1)C(F)(F)F. The Morgan fingerprint density at radius 1 is 1.21 bits per heavy atom. The summed E-state index contributed by atoms with van der Waals surface area (Å²) in [5.41, 5.74) is 2.71. The highest BCUT2D eigenvalue weighted by molar-refractivity contribution is 5.81. The van der Waals surface area contributed by atoms with E-state index in [1.807, 2.05) is 13.8 Å². The van der Waals surface area contributed by atoms with Crippen molar-refractivity contribution in [3.8, 4) is 0 Å². The van der Waals surface area contributed by atoms with Crippen LogP contribution in [-0.2, 0) is 10.2 Å². The standard InChI is InChI=1S/C24H24F4N4O/c1-23(2)11-16(17-12-29-19-10-18(25)30-32(19)21(17)23)13-4-6-14(7-5-13)20(24(26,27)28)31(3)22(33)15-8-9-15/h4-7,10,12,15-16,20H,8-9,11H2,1-3H3/t16-,20+/m0/s1. The van der Waals surface area contributed by atoms with Gasteiger partial charge in [-0.25, -0.2) is 9.50 Å². The molecule has 33 heavy (non-hydrogen) atoms. The van der Waals surface area contributed by atoms with Crippen molar-refractivity contribution in [2.75, 3.05) is 7.05 Å². The number of halogens is 4. The van der Waals surface area contributed by atoms with Gasteiger partial charge >= 0.3 is 6.18 Å². The summed E-state index contributed by atoms with van der Waals surface area (Å²) in [6.45, 7) is 4.08. The van der Waals surface area contributed by atoms with Gasteiger partial charge in [-0.1, -0.05) is 38.1 Å². The fraction of sp³-hybridized carbons (Fsp3) is 0.458. The summed E-state index contributed by atoms with van der Waals surface area (Å²) in [5, 5.41) is 3.95. The molecule has 2 atom stereocenters. The number of carbonyl (C=O) groups excluding carboxylic acids is 1. The predicted octanol–water partition coefficient (Wildman–Crippen LogP) is 5.15. The van der Waals surface area contributed by atoms with E-state index in [1.165, 1.54) is 29.8 Å². The van der Waals surface area contributed by atoms with Crippen LogP contribution in [0.25, 0.3) is 5.65 Å². The van der Waals surface area contributed by atoms with Crippen molar-refractivity contribution in [2.24, 2.45) is 5.92 Å². The zero-order chi connectivity index (χ0) is 23.7. The fourth-order valence-corrected chi connectivity index (χ4v) is 5.15. The Morgan fingerprint density at radius 3 is 2.48 bits per heavy atom. The van der Waals surface area contributed by atoms with Gasteiger partial charge in [-0.15, -0.1) is 5.10 Å². The van der Waals surface area contributed by atoms with E-state index in [-0.39, 0.29) is 22.8 Å². The lowest BCUT2D eigenvalue weighted by molar-refractivity contribution is -0.189. The monoisotopic (exact) mass is 460 g/mol. The van der Waals surface area contributed by atoms with Crippen LogP contribution in [0.1, 0.15) is 67.5 Å². The largest absolute Gasteiger partial charge is 0.413 e. The molecule has 3 aromatic rings. The zero-order valence-corrected chi connectivity index (χ0v) is 18.5. The number of hydrogen-bond donors (Lipinski definition) is 0. The second kappa shape index (κ2) is 7.27. The number of nitrogens with zero attached hydrogens (tertiary/aromatic N) is 4. The van der Waals surface area contributed by atoms with E-state index in [0.717, 1.165) is 21.7 Å². The number of carbonyl (C=O) groups is 1. The van der Waals surface area contributed by atoms with Gasteiger partial charge < -0.3 is 4.90 Å². The van der Waals surface area contributed by atoms with Crippen molar-refractivity contribution in [1.29, 1.82) is 0 Å². The van der Waals surface area contributed by atoms with Gasteiger partial charge in [0.05, 0.1) is 5.69 Å². The number of benzene rings is 1. The molecule has 5 nitrogen and oxygen atoms in total. The van der Waals surface area contributed by atoms with Crippen LogP contribution in [0, 0.1) is 11.9 Å². The molecule has 1 amide bonds. The quantitative estimate of drug-likeness (QED) is 0.506. The minimum atomic E-state index is -4.58. The lowest BCUT2D eigenvalue weighted by atomic mass is 9.86. The molecule has 0 unspecified atom stereocenters. The summed E-state index contributed by atoms with van der Waals surface area (Å²) < 4.78 is 57.0. The van der Waals surface area contributed by atoms with Gasteiger partial charge in [0.25, 0.3) is 0 Å². The number of aromatic nitrogens is 3. The highest BCUT2D eigenvalue weighted by Gasteiger charge is 2.48. The Labute approximate surface area is 188 Å². The first-order chi connectivity index (χ1) is 15.5. The second-order valence-corrected chi connectivity index (χ2v) is 9.77. The van der Waals surface area contributed by atoms with Crippen LogP contribution in [0.2, 0.25) is 0 Å². The smallest absolute Gasteiger partial charge is 0.330 e. The number of alkyl halides is 3. The summed E-state index contributed by atoms with van der Waals surface area (Å²) in [6.07, 6.45) is -0.898. The highest BCUT2D eigenvalue weighted by Crippen LogP contribution is 2.49. The third-order valence-electron chi connectivity index (χ3n) is 6.84. The van der Waals surface area contributed by atoms with Gasteiger partial charge in [-0.2, -0.15) is 17.6 Å². The van der Waals surface area contributed by atoms with Crippen molar-refractivity contribution < 1.29 is 22.4 Å². The van der Waals surface area contributed by atoms with Gasteiger partial charge in [0, 0.05) is 42.1 Å². The molecule has 0 spiro atoms. The molecule has 1 aromatic carbocycles. The van der Waals surface area contributed by atoms with E-state index in [4.69, 9.17) is 0 Å². The Kier molecular flexibility index (Phi) is 4.81. The lowest BCUT2D eigenvalue weighted by Crippen LogP contribution is -2.40. The molecule has 2 heterocycles. The van der Waals surface area contributed by atoms with E-state index in [2.05, 4.69) is 10.1 Å². The summed E-state index contributed by atoms with van der Waals surface area (Å²) >= 11 is 0. The topological polar surface area (TPSA) is 50.5 Å². The van der Waals surface area contributed by atoms with Crippen molar-refractivity contribution in [1.82, 2.24) is 19.5 Å². The first-order valence-corrected chi connectivity index (χ1v) is 11.0. The summed E-state index contributed by atoms with van der Waals surface area (Å²) in [6, 6.07) is 5.57. The van der Waals surface area contributed by atoms with Gasteiger partial charge in [0.15, 0.2) is 11.7 Å². The first kappa shape index (κ1) is 21.9. The minimum Gasteiger partial charge on any atom is -0.330 e. The zero-order valence-electron chi connectivity index (χ0n) is 18.5. The molecule has 2 aliphatic rings. The van der Waals surface area contributed by atoms with Crippen molar-refractivity contribution in [3.63, 3.8) is 0 Å². The molecule has 2 aliphatic carbocycles. The maximum Gasteiger partial charge on any atom is 0.413 e. The Bertz CT molecular complexity index is 1230. The van der Waals surface area contributed by atoms with E-state index in [1.54, 1.807) is 18.3 Å². The van der Waals surface area contributed by atoms with E-state index >= 15 is 0 Å². The van der Waals surface area contributed by atoms with Gasteiger partial charge in [0.1, 0.15) is 0 Å². The minimum absolute atomic E-state index is 0.0305. The molecule has 174 valence electrons.